The Balaban J connectivity index is 2.84. The first-order chi connectivity index (χ1) is 7.15. The molecule has 0 bridgehead atoms. The van der Waals surface area contributed by atoms with E-state index in [1.807, 2.05) is 0 Å². The molecule has 0 fully saturated rings. The molecule has 0 saturated carbocycles. The number of anilines is 1. The molecule has 1 heterocycles. The summed E-state index contributed by atoms with van der Waals surface area (Å²) in [6.45, 7) is 1.86. The van der Waals surface area contributed by atoms with Crippen LogP contribution in [0.2, 0.25) is 0 Å². The summed E-state index contributed by atoms with van der Waals surface area (Å²) in [6, 6.07) is 2.82. The van der Waals surface area contributed by atoms with Gasteiger partial charge in [-0.25, -0.2) is 14.6 Å². The van der Waals surface area contributed by atoms with Gasteiger partial charge in [0.15, 0.2) is 0 Å². The van der Waals surface area contributed by atoms with Crippen LogP contribution in [0.4, 0.5) is 10.6 Å². The molecule has 0 radical (unpaired) electrons. The van der Waals surface area contributed by atoms with Crippen LogP contribution < -0.4 is 5.32 Å². The average Bonchev–Trinajstić information content (AvgIpc) is 2.18. The van der Waals surface area contributed by atoms with Gasteiger partial charge in [-0.2, -0.15) is 0 Å². The monoisotopic (exact) mass is 210 g/mol. The molecule has 6 heteroatoms. The molecule has 0 aliphatic heterocycles. The Morgan fingerprint density at radius 1 is 1.60 bits per heavy atom. The fraction of sp³-hybridized carbons (Fsp3) is 0.222. The van der Waals surface area contributed by atoms with Gasteiger partial charge in [-0.1, -0.05) is 0 Å². The van der Waals surface area contributed by atoms with E-state index in [4.69, 9.17) is 5.11 Å². The van der Waals surface area contributed by atoms with Crippen LogP contribution in [0.5, 0.6) is 0 Å². The number of hydrogen-bond acceptors (Lipinski definition) is 4. The summed E-state index contributed by atoms with van der Waals surface area (Å²) in [5.41, 5.74) is -0.0782. The zero-order valence-electron chi connectivity index (χ0n) is 8.06. The molecule has 80 valence electrons. The summed E-state index contributed by atoms with van der Waals surface area (Å²) in [6.07, 6.45) is 0.660. The van der Waals surface area contributed by atoms with Crippen LogP contribution in [0, 0.1) is 0 Å². The number of pyridine rings is 1. The minimum atomic E-state index is -1.16. The lowest BCUT2D eigenvalue weighted by atomic mass is 10.2. The minimum Gasteiger partial charge on any atom is -0.478 e. The second-order valence-corrected chi connectivity index (χ2v) is 2.55. The van der Waals surface area contributed by atoms with Crippen molar-refractivity contribution in [2.45, 2.75) is 6.92 Å². The van der Waals surface area contributed by atoms with Crippen LogP contribution in [-0.4, -0.2) is 28.8 Å². The first-order valence-corrected chi connectivity index (χ1v) is 4.27. The zero-order chi connectivity index (χ0) is 11.3. The first-order valence-electron chi connectivity index (χ1n) is 4.27. The molecule has 0 aliphatic rings. The molecule has 0 spiro atoms. The Hall–Kier alpha value is -2.11. The Kier molecular flexibility index (Phi) is 3.61. The van der Waals surface area contributed by atoms with Crippen molar-refractivity contribution in [3.05, 3.63) is 23.9 Å². The number of carbonyl (C=O) groups is 2. The largest absolute Gasteiger partial charge is 0.478 e. The number of aromatic nitrogens is 1. The summed E-state index contributed by atoms with van der Waals surface area (Å²) < 4.78 is 4.60. The third-order valence-corrected chi connectivity index (χ3v) is 1.53. The number of rotatable bonds is 3. The van der Waals surface area contributed by atoms with E-state index in [-0.39, 0.29) is 18.0 Å². The Morgan fingerprint density at radius 2 is 2.33 bits per heavy atom. The number of hydrogen-bond donors (Lipinski definition) is 2. The second-order valence-electron chi connectivity index (χ2n) is 2.55. The molecule has 1 rings (SSSR count). The smallest absolute Gasteiger partial charge is 0.412 e. The van der Waals surface area contributed by atoms with E-state index in [1.165, 1.54) is 18.3 Å². The molecule has 6 nitrogen and oxygen atoms in total. The molecule has 0 atom stereocenters. The van der Waals surface area contributed by atoms with Gasteiger partial charge < -0.3 is 9.84 Å². The number of ether oxygens (including phenoxy) is 1. The van der Waals surface area contributed by atoms with Crippen molar-refractivity contribution in [2.24, 2.45) is 0 Å². The van der Waals surface area contributed by atoms with E-state index in [2.05, 4.69) is 15.0 Å². The SMILES string of the molecule is CCOC(=O)Nc1ncccc1C(=O)O. The lowest BCUT2D eigenvalue weighted by molar-refractivity contribution is 0.0697. The highest BCUT2D eigenvalue weighted by Crippen LogP contribution is 2.11. The fourth-order valence-corrected chi connectivity index (χ4v) is 0.941. The molecule has 1 amide bonds. The summed E-state index contributed by atoms with van der Waals surface area (Å²) in [4.78, 5) is 25.5. The fourth-order valence-electron chi connectivity index (χ4n) is 0.941. The van der Waals surface area contributed by atoms with Gasteiger partial charge >= 0.3 is 12.1 Å². The number of nitrogens with one attached hydrogen (secondary N) is 1. The standard InChI is InChI=1S/C9H10N2O4/c1-2-15-9(14)11-7-6(8(12)13)4-3-5-10-7/h3-5H,2H2,1H3,(H,12,13)(H,10,11,14). The quantitative estimate of drug-likeness (QED) is 0.786. The van der Waals surface area contributed by atoms with Gasteiger partial charge in [-0.15, -0.1) is 0 Å². The highest BCUT2D eigenvalue weighted by molar-refractivity contribution is 5.97. The van der Waals surface area contributed by atoms with Gasteiger partial charge in [-0.05, 0) is 19.1 Å². The molecule has 0 saturated heterocycles. The van der Waals surface area contributed by atoms with Crippen molar-refractivity contribution >= 4 is 17.9 Å². The van der Waals surface area contributed by atoms with E-state index in [0.29, 0.717) is 0 Å². The Labute approximate surface area is 85.9 Å². The average molecular weight is 210 g/mol. The van der Waals surface area contributed by atoms with E-state index in [0.717, 1.165) is 0 Å². The van der Waals surface area contributed by atoms with Crippen molar-refractivity contribution < 1.29 is 19.4 Å². The molecule has 1 aromatic heterocycles. The Morgan fingerprint density at radius 3 is 2.93 bits per heavy atom. The summed E-state index contributed by atoms with van der Waals surface area (Å²) in [5, 5.41) is 11.0. The van der Waals surface area contributed by atoms with Gasteiger partial charge in [0.25, 0.3) is 0 Å². The van der Waals surface area contributed by atoms with Gasteiger partial charge in [0.05, 0.1) is 6.61 Å². The van der Waals surface area contributed by atoms with Crippen LogP contribution in [-0.2, 0) is 4.74 Å². The van der Waals surface area contributed by atoms with Crippen LogP contribution in [0.3, 0.4) is 0 Å². The van der Waals surface area contributed by atoms with Crippen LogP contribution >= 0.6 is 0 Å². The van der Waals surface area contributed by atoms with Crippen LogP contribution in [0.1, 0.15) is 17.3 Å². The molecule has 1 aromatic rings. The first kappa shape index (κ1) is 11.0. The van der Waals surface area contributed by atoms with Crippen molar-refractivity contribution in [2.75, 3.05) is 11.9 Å². The van der Waals surface area contributed by atoms with Gasteiger partial charge in [-0.3, -0.25) is 5.32 Å². The van der Waals surface area contributed by atoms with Crippen LogP contribution in [0.25, 0.3) is 0 Å². The van der Waals surface area contributed by atoms with Gasteiger partial charge in [0.1, 0.15) is 11.4 Å². The number of aromatic carboxylic acids is 1. The molecular formula is C9H10N2O4. The summed E-state index contributed by atoms with van der Waals surface area (Å²) in [7, 11) is 0. The highest BCUT2D eigenvalue weighted by atomic mass is 16.5. The molecule has 15 heavy (non-hydrogen) atoms. The zero-order valence-corrected chi connectivity index (χ0v) is 8.06. The van der Waals surface area contributed by atoms with Crippen molar-refractivity contribution in [3.8, 4) is 0 Å². The third kappa shape index (κ3) is 2.94. The maximum atomic E-state index is 11.0. The lowest BCUT2D eigenvalue weighted by Gasteiger charge is -2.06. The normalized spacial score (nSPS) is 9.40. The molecular weight excluding hydrogens is 200 g/mol. The predicted octanol–water partition coefficient (Wildman–Crippen LogP) is 1.35. The topological polar surface area (TPSA) is 88.5 Å². The summed E-state index contributed by atoms with van der Waals surface area (Å²) in [5.74, 6) is -1.18. The number of amides is 1. The number of nitrogens with zero attached hydrogens (tertiary/aromatic N) is 1. The van der Waals surface area contributed by atoms with Crippen molar-refractivity contribution in [3.63, 3.8) is 0 Å². The van der Waals surface area contributed by atoms with E-state index >= 15 is 0 Å². The number of carboxylic acids is 1. The third-order valence-electron chi connectivity index (χ3n) is 1.53. The highest BCUT2D eigenvalue weighted by Gasteiger charge is 2.12. The second kappa shape index (κ2) is 4.94. The molecule has 0 aromatic carbocycles. The predicted molar refractivity (Wildman–Crippen MR) is 51.8 cm³/mol. The van der Waals surface area contributed by atoms with Crippen molar-refractivity contribution in [1.82, 2.24) is 4.98 Å². The maximum Gasteiger partial charge on any atom is 0.412 e. The van der Waals surface area contributed by atoms with Crippen LogP contribution in [0.15, 0.2) is 18.3 Å². The molecule has 0 unspecified atom stereocenters. The van der Waals surface area contributed by atoms with Gasteiger partial charge in [0, 0.05) is 6.20 Å². The molecule has 0 aliphatic carbocycles. The minimum absolute atomic E-state index is 0.0246. The van der Waals surface area contributed by atoms with Gasteiger partial charge in [0.2, 0.25) is 0 Å². The van der Waals surface area contributed by atoms with E-state index in [1.54, 1.807) is 6.92 Å². The molecule has 2 N–H and O–H groups in total. The lowest BCUT2D eigenvalue weighted by Crippen LogP contribution is -2.16. The van der Waals surface area contributed by atoms with E-state index < -0.39 is 12.1 Å². The van der Waals surface area contributed by atoms with Crippen molar-refractivity contribution in [1.29, 1.82) is 0 Å². The van der Waals surface area contributed by atoms with E-state index in [9.17, 15) is 9.59 Å². The Bertz CT molecular complexity index is 378. The number of carboxylic acid groups (broad SMARTS) is 1. The summed E-state index contributed by atoms with van der Waals surface area (Å²) >= 11 is 0. The maximum absolute atomic E-state index is 11.0. The number of carbonyl (C=O) groups excluding carboxylic acids is 1.